The zero-order valence-electron chi connectivity index (χ0n) is 17.9. The summed E-state index contributed by atoms with van der Waals surface area (Å²) in [4.78, 5) is 34.5. The largest absolute Gasteiger partial charge is 0.328 e. The van der Waals surface area contributed by atoms with Crippen LogP contribution in [0.3, 0.4) is 0 Å². The second-order valence-corrected chi connectivity index (χ2v) is 8.17. The number of aryl methyl sites for hydroxylation is 2. The average molecular weight is 425 g/mol. The topological polar surface area (TPSA) is 81.8 Å². The van der Waals surface area contributed by atoms with E-state index in [1.165, 1.54) is 4.57 Å². The van der Waals surface area contributed by atoms with Crippen molar-refractivity contribution >= 4 is 11.6 Å². The molecular formula is C25H23N5O2. The summed E-state index contributed by atoms with van der Waals surface area (Å²) < 4.78 is 3.60. The van der Waals surface area contributed by atoms with E-state index >= 15 is 0 Å². The number of amides is 1. The van der Waals surface area contributed by atoms with Crippen molar-refractivity contribution in [1.82, 2.24) is 19.1 Å². The van der Waals surface area contributed by atoms with Crippen molar-refractivity contribution in [3.05, 3.63) is 88.9 Å². The van der Waals surface area contributed by atoms with Crippen molar-refractivity contribution < 1.29 is 4.79 Å². The van der Waals surface area contributed by atoms with Gasteiger partial charge in [0.25, 0.3) is 11.5 Å². The summed E-state index contributed by atoms with van der Waals surface area (Å²) in [5.74, 6) is 0.434. The monoisotopic (exact) mass is 425 g/mol. The van der Waals surface area contributed by atoms with E-state index in [2.05, 4.69) is 19.9 Å². The number of hydrogen-bond acceptors (Lipinski definition) is 4. The minimum Gasteiger partial charge on any atom is -0.328 e. The number of benzene rings is 1. The minimum atomic E-state index is -0.449. The molecule has 160 valence electrons. The Hall–Kier alpha value is -4.00. The van der Waals surface area contributed by atoms with Gasteiger partial charge in [-0.25, -0.2) is 4.98 Å². The lowest BCUT2D eigenvalue weighted by Crippen LogP contribution is -2.27. The smallest absolute Gasteiger partial charge is 0.263 e. The number of nitrogens with one attached hydrogen (secondary N) is 1. The second-order valence-electron chi connectivity index (χ2n) is 8.17. The summed E-state index contributed by atoms with van der Waals surface area (Å²) in [5.41, 5.74) is 3.76. The first-order valence-corrected chi connectivity index (χ1v) is 10.6. The Morgan fingerprint density at radius 3 is 2.66 bits per heavy atom. The maximum atomic E-state index is 13.0. The van der Waals surface area contributed by atoms with Crippen molar-refractivity contribution in [1.29, 1.82) is 0 Å². The lowest BCUT2D eigenvalue weighted by Gasteiger charge is -2.11. The van der Waals surface area contributed by atoms with E-state index in [0.29, 0.717) is 11.7 Å². The van der Waals surface area contributed by atoms with Gasteiger partial charge in [-0.2, -0.15) is 0 Å². The average Bonchev–Trinajstić information content (AvgIpc) is 3.52. The summed E-state index contributed by atoms with van der Waals surface area (Å²) >= 11 is 0. The Labute approximate surface area is 185 Å². The van der Waals surface area contributed by atoms with Gasteiger partial charge < -0.3 is 14.5 Å². The van der Waals surface area contributed by atoms with Gasteiger partial charge in [-0.15, -0.1) is 0 Å². The van der Waals surface area contributed by atoms with Gasteiger partial charge in [-0.05, 0) is 44.0 Å². The highest BCUT2D eigenvalue weighted by Crippen LogP contribution is 2.38. The Balaban J connectivity index is 1.44. The number of imidazole rings is 1. The van der Waals surface area contributed by atoms with Crippen molar-refractivity contribution in [2.24, 2.45) is 7.05 Å². The first-order valence-electron chi connectivity index (χ1n) is 10.6. The van der Waals surface area contributed by atoms with Crippen LogP contribution in [-0.2, 0) is 7.05 Å². The van der Waals surface area contributed by atoms with Crippen LogP contribution in [0.4, 0.5) is 5.69 Å². The number of carbonyl (C=O) groups excluding carboxylic acids is 1. The SMILES string of the molecule is Cc1ccc(-c2cc(C(=O)Nc3cccc(-c4nccn4C4CC4)c3)c(=O)n(C)c2)cn1. The van der Waals surface area contributed by atoms with Crippen molar-refractivity contribution in [3.63, 3.8) is 0 Å². The Bertz CT molecular complexity index is 1360. The maximum absolute atomic E-state index is 13.0. The van der Waals surface area contributed by atoms with Crippen molar-refractivity contribution in [2.75, 3.05) is 5.32 Å². The fraction of sp³-hybridized carbons (Fsp3) is 0.200. The molecule has 0 aliphatic heterocycles. The summed E-state index contributed by atoms with van der Waals surface area (Å²) in [6, 6.07) is 13.5. The lowest BCUT2D eigenvalue weighted by atomic mass is 10.1. The maximum Gasteiger partial charge on any atom is 0.263 e. The third-order valence-corrected chi connectivity index (χ3v) is 5.66. The number of aromatic nitrogens is 4. The number of carbonyl (C=O) groups is 1. The number of rotatable bonds is 5. The highest BCUT2D eigenvalue weighted by atomic mass is 16.2. The van der Waals surface area contributed by atoms with Crippen LogP contribution < -0.4 is 10.9 Å². The van der Waals surface area contributed by atoms with Crippen LogP contribution in [0.25, 0.3) is 22.5 Å². The molecule has 32 heavy (non-hydrogen) atoms. The number of hydrogen-bond donors (Lipinski definition) is 1. The van der Waals surface area contributed by atoms with Gasteiger partial charge in [0.1, 0.15) is 11.4 Å². The quantitative estimate of drug-likeness (QED) is 0.519. The molecule has 0 spiro atoms. The molecule has 0 saturated heterocycles. The zero-order chi connectivity index (χ0) is 22.2. The molecule has 0 bridgehead atoms. The van der Waals surface area contributed by atoms with Gasteiger partial charge in [-0.3, -0.25) is 14.6 Å². The van der Waals surface area contributed by atoms with Crippen LogP contribution in [0.2, 0.25) is 0 Å². The predicted octanol–water partition coefficient (Wildman–Crippen LogP) is 4.21. The van der Waals surface area contributed by atoms with Gasteiger partial charge in [0.2, 0.25) is 0 Å². The van der Waals surface area contributed by atoms with Gasteiger partial charge >= 0.3 is 0 Å². The number of nitrogens with zero attached hydrogens (tertiary/aromatic N) is 4. The normalized spacial score (nSPS) is 13.2. The second kappa shape index (κ2) is 7.92. The molecule has 5 rings (SSSR count). The fourth-order valence-corrected chi connectivity index (χ4v) is 3.79. The molecule has 1 amide bonds. The molecule has 1 fully saturated rings. The summed E-state index contributed by atoms with van der Waals surface area (Å²) in [6.45, 7) is 1.91. The van der Waals surface area contributed by atoms with Crippen molar-refractivity contribution in [2.45, 2.75) is 25.8 Å². The Kier molecular flexibility index (Phi) is 4.93. The third kappa shape index (κ3) is 3.85. The van der Waals surface area contributed by atoms with Gasteiger partial charge in [0.05, 0.1) is 0 Å². The van der Waals surface area contributed by atoms with Crippen molar-refractivity contribution in [3.8, 4) is 22.5 Å². The van der Waals surface area contributed by atoms with Crippen LogP contribution in [-0.4, -0.2) is 25.0 Å². The van der Waals surface area contributed by atoms with E-state index in [0.717, 1.165) is 41.1 Å². The van der Waals surface area contributed by atoms with Crippen LogP contribution in [0.15, 0.2) is 72.0 Å². The highest BCUT2D eigenvalue weighted by Gasteiger charge is 2.26. The highest BCUT2D eigenvalue weighted by molar-refractivity contribution is 6.04. The van der Waals surface area contributed by atoms with E-state index in [1.807, 2.05) is 49.5 Å². The summed E-state index contributed by atoms with van der Waals surface area (Å²) in [5, 5.41) is 2.88. The molecule has 1 aliphatic carbocycles. The molecule has 1 N–H and O–H groups in total. The number of anilines is 1. The standard InChI is InChI=1S/C25H23N5O2/c1-16-6-7-18(14-27-16)19-13-22(25(32)29(2)15-19)24(31)28-20-5-3-4-17(12-20)23-26-10-11-30(23)21-8-9-21/h3-7,10-15,21H,8-9H2,1-2H3,(H,28,31). The van der Waals surface area contributed by atoms with Gasteiger partial charge in [0, 0.05) is 65.9 Å². The molecule has 1 saturated carbocycles. The molecule has 0 atom stereocenters. The van der Waals surface area contributed by atoms with E-state index in [1.54, 1.807) is 31.7 Å². The summed E-state index contributed by atoms with van der Waals surface area (Å²) in [7, 11) is 1.64. The van der Waals surface area contributed by atoms with E-state index in [9.17, 15) is 9.59 Å². The third-order valence-electron chi connectivity index (χ3n) is 5.66. The van der Waals surface area contributed by atoms with Gasteiger partial charge in [-0.1, -0.05) is 18.2 Å². The molecule has 0 unspecified atom stereocenters. The van der Waals surface area contributed by atoms with Gasteiger partial charge in [0.15, 0.2) is 0 Å². The molecular weight excluding hydrogens is 402 g/mol. The van der Waals surface area contributed by atoms with E-state index in [4.69, 9.17) is 0 Å². The Morgan fingerprint density at radius 2 is 1.91 bits per heavy atom. The zero-order valence-corrected chi connectivity index (χ0v) is 17.9. The first kappa shape index (κ1) is 19.9. The number of pyridine rings is 2. The van der Waals surface area contributed by atoms with Crippen LogP contribution >= 0.6 is 0 Å². The van der Waals surface area contributed by atoms with Crippen LogP contribution in [0.1, 0.15) is 34.9 Å². The molecule has 1 aromatic carbocycles. The lowest BCUT2D eigenvalue weighted by molar-refractivity contribution is 0.102. The predicted molar refractivity (Wildman–Crippen MR) is 124 cm³/mol. The molecule has 0 radical (unpaired) electrons. The van der Waals surface area contributed by atoms with Crippen LogP contribution in [0, 0.1) is 6.92 Å². The molecule has 3 heterocycles. The molecule has 4 aromatic rings. The fourth-order valence-electron chi connectivity index (χ4n) is 3.79. The summed E-state index contributed by atoms with van der Waals surface area (Å²) in [6.07, 6.45) is 9.57. The Morgan fingerprint density at radius 1 is 1.06 bits per heavy atom. The van der Waals surface area contributed by atoms with Crippen LogP contribution in [0.5, 0.6) is 0 Å². The molecule has 7 nitrogen and oxygen atoms in total. The van der Waals surface area contributed by atoms with E-state index in [-0.39, 0.29) is 11.1 Å². The molecule has 3 aromatic heterocycles. The molecule has 7 heteroatoms. The minimum absolute atomic E-state index is 0.0791. The molecule has 1 aliphatic rings. The van der Waals surface area contributed by atoms with E-state index < -0.39 is 5.91 Å². The first-order chi connectivity index (χ1) is 15.5.